The van der Waals surface area contributed by atoms with E-state index in [4.69, 9.17) is 10.7 Å². The number of likely N-dealkylation sites (tertiary alicyclic amines) is 1. The molecule has 0 atom stereocenters. The van der Waals surface area contributed by atoms with Gasteiger partial charge in [-0.25, -0.2) is 10.3 Å². The lowest BCUT2D eigenvalue weighted by Crippen LogP contribution is -2.41. The highest BCUT2D eigenvalue weighted by atomic mass is 19.1. The number of piperidine rings is 1. The third kappa shape index (κ3) is 2.81. The molecule has 1 amide bonds. The topological polar surface area (TPSA) is 55.6 Å². The highest BCUT2D eigenvalue weighted by Gasteiger charge is 2.23. The van der Waals surface area contributed by atoms with Crippen LogP contribution in [-0.2, 0) is 4.84 Å². The predicted octanol–water partition coefficient (Wildman–Crippen LogP) is 1.32. The van der Waals surface area contributed by atoms with Crippen LogP contribution < -0.4 is 5.90 Å². The van der Waals surface area contributed by atoms with Crippen molar-refractivity contribution >= 4 is 5.91 Å². The molecule has 17 heavy (non-hydrogen) atoms. The molecule has 1 fully saturated rings. The summed E-state index contributed by atoms with van der Waals surface area (Å²) in [4.78, 5) is 18.5. The number of nitrogens with two attached hydrogens (primary N) is 1. The number of rotatable bonds is 2. The molecule has 4 nitrogen and oxygen atoms in total. The van der Waals surface area contributed by atoms with Gasteiger partial charge in [0.25, 0.3) is 5.91 Å². The summed E-state index contributed by atoms with van der Waals surface area (Å²) in [6.45, 7) is 1.25. The summed E-state index contributed by atoms with van der Waals surface area (Å²) in [7, 11) is 0. The Morgan fingerprint density at radius 1 is 1.29 bits per heavy atom. The molecule has 2 N–H and O–H groups in total. The number of halogens is 1. The van der Waals surface area contributed by atoms with Crippen LogP contribution in [0.1, 0.15) is 23.2 Å². The van der Waals surface area contributed by atoms with Gasteiger partial charge in [-0.2, -0.15) is 0 Å². The van der Waals surface area contributed by atoms with Crippen molar-refractivity contribution in [2.75, 3.05) is 13.1 Å². The van der Waals surface area contributed by atoms with E-state index >= 15 is 0 Å². The molecule has 1 saturated heterocycles. The number of carbonyl (C=O) groups excluding carboxylic acids is 1. The van der Waals surface area contributed by atoms with Gasteiger partial charge in [0.1, 0.15) is 5.82 Å². The third-order valence-corrected chi connectivity index (χ3v) is 3.01. The zero-order chi connectivity index (χ0) is 12.3. The first-order valence-electron chi connectivity index (χ1n) is 5.61. The summed E-state index contributed by atoms with van der Waals surface area (Å²) in [5.74, 6) is 4.70. The molecule has 0 spiro atoms. The highest BCUT2D eigenvalue weighted by molar-refractivity contribution is 5.94. The average Bonchev–Trinajstić information content (AvgIpc) is 2.39. The second-order valence-corrected chi connectivity index (χ2v) is 4.13. The number of hydrogen-bond donors (Lipinski definition) is 1. The molecule has 1 aliphatic heterocycles. The van der Waals surface area contributed by atoms with Gasteiger partial charge in [-0.15, -0.1) is 0 Å². The number of carbonyl (C=O) groups is 1. The molecule has 0 aromatic heterocycles. The molecule has 0 bridgehead atoms. The lowest BCUT2D eigenvalue weighted by Gasteiger charge is -2.30. The fraction of sp³-hybridized carbons (Fsp3) is 0.417. The molecule has 2 rings (SSSR count). The largest absolute Gasteiger partial charge is 0.338 e. The van der Waals surface area contributed by atoms with Crippen LogP contribution in [0.25, 0.3) is 0 Å². The fourth-order valence-electron chi connectivity index (χ4n) is 1.97. The Morgan fingerprint density at radius 2 is 1.88 bits per heavy atom. The van der Waals surface area contributed by atoms with Crippen LogP contribution in [0, 0.1) is 5.82 Å². The predicted molar refractivity (Wildman–Crippen MR) is 60.6 cm³/mol. The molecular formula is C12H15FN2O2. The molecule has 0 radical (unpaired) electrons. The molecule has 0 saturated carbocycles. The molecule has 1 heterocycles. The van der Waals surface area contributed by atoms with Crippen molar-refractivity contribution in [2.45, 2.75) is 18.9 Å². The lowest BCUT2D eigenvalue weighted by molar-refractivity contribution is 0.00781. The molecule has 0 unspecified atom stereocenters. The Kier molecular flexibility index (Phi) is 3.71. The Hall–Kier alpha value is -1.46. The number of benzene rings is 1. The minimum absolute atomic E-state index is 0.0345. The van der Waals surface area contributed by atoms with Gasteiger partial charge in [0.2, 0.25) is 0 Å². The Balaban J connectivity index is 1.99. The summed E-state index contributed by atoms with van der Waals surface area (Å²) in [5, 5.41) is 0. The molecule has 0 aliphatic carbocycles. The van der Waals surface area contributed by atoms with Crippen molar-refractivity contribution in [1.82, 2.24) is 4.90 Å². The van der Waals surface area contributed by atoms with Crippen LogP contribution in [0.15, 0.2) is 24.3 Å². The van der Waals surface area contributed by atoms with E-state index in [-0.39, 0.29) is 17.8 Å². The second-order valence-electron chi connectivity index (χ2n) is 4.13. The molecule has 5 heteroatoms. The van der Waals surface area contributed by atoms with Crippen molar-refractivity contribution in [1.29, 1.82) is 0 Å². The molecular weight excluding hydrogens is 223 g/mol. The quantitative estimate of drug-likeness (QED) is 0.791. The summed E-state index contributed by atoms with van der Waals surface area (Å²) < 4.78 is 12.7. The van der Waals surface area contributed by atoms with Gasteiger partial charge >= 0.3 is 0 Å². The molecule has 92 valence electrons. The van der Waals surface area contributed by atoms with Gasteiger partial charge in [0, 0.05) is 18.7 Å². The lowest BCUT2D eigenvalue weighted by atomic mass is 10.1. The van der Waals surface area contributed by atoms with Crippen LogP contribution >= 0.6 is 0 Å². The molecule has 1 aliphatic rings. The number of nitrogens with zero attached hydrogens (tertiary/aromatic N) is 1. The first-order chi connectivity index (χ1) is 8.20. The minimum Gasteiger partial charge on any atom is -0.338 e. The fourth-order valence-corrected chi connectivity index (χ4v) is 1.97. The van der Waals surface area contributed by atoms with Gasteiger partial charge in [-0.3, -0.25) is 4.79 Å². The maximum Gasteiger partial charge on any atom is 0.253 e. The normalized spacial score (nSPS) is 17.2. The van der Waals surface area contributed by atoms with E-state index in [1.54, 1.807) is 4.90 Å². The van der Waals surface area contributed by atoms with Crippen molar-refractivity contribution < 1.29 is 14.0 Å². The zero-order valence-corrected chi connectivity index (χ0v) is 9.43. The van der Waals surface area contributed by atoms with E-state index in [1.807, 2.05) is 0 Å². The average molecular weight is 238 g/mol. The van der Waals surface area contributed by atoms with E-state index in [0.29, 0.717) is 18.7 Å². The van der Waals surface area contributed by atoms with E-state index in [2.05, 4.69) is 0 Å². The maximum atomic E-state index is 12.7. The monoisotopic (exact) mass is 238 g/mol. The third-order valence-electron chi connectivity index (χ3n) is 3.01. The smallest absolute Gasteiger partial charge is 0.253 e. The first kappa shape index (κ1) is 12.0. The summed E-state index contributed by atoms with van der Waals surface area (Å²) >= 11 is 0. The zero-order valence-electron chi connectivity index (χ0n) is 9.43. The summed E-state index contributed by atoms with van der Waals surface area (Å²) in [6, 6.07) is 5.60. The number of hydrogen-bond acceptors (Lipinski definition) is 3. The van der Waals surface area contributed by atoms with E-state index in [1.165, 1.54) is 24.3 Å². The van der Waals surface area contributed by atoms with Gasteiger partial charge in [0.05, 0.1) is 6.10 Å². The van der Waals surface area contributed by atoms with Crippen molar-refractivity contribution in [2.24, 2.45) is 5.90 Å². The number of amides is 1. The standard InChI is InChI=1S/C12H15FN2O2/c13-10-3-1-9(2-4-10)12(16)15-7-5-11(17-14)6-8-15/h1-4,11H,5-8,14H2. The first-order valence-corrected chi connectivity index (χ1v) is 5.61. The van der Waals surface area contributed by atoms with E-state index in [9.17, 15) is 9.18 Å². The minimum atomic E-state index is -0.336. The SMILES string of the molecule is NOC1CCN(C(=O)c2ccc(F)cc2)CC1. The van der Waals surface area contributed by atoms with Crippen LogP contribution in [0.4, 0.5) is 4.39 Å². The van der Waals surface area contributed by atoms with Gasteiger partial charge in [0.15, 0.2) is 0 Å². The van der Waals surface area contributed by atoms with Crippen LogP contribution in [0.5, 0.6) is 0 Å². The van der Waals surface area contributed by atoms with E-state index in [0.717, 1.165) is 12.8 Å². The van der Waals surface area contributed by atoms with Gasteiger partial charge < -0.3 is 9.74 Å². The summed E-state index contributed by atoms with van der Waals surface area (Å²) in [5.41, 5.74) is 0.513. The molecule has 1 aromatic carbocycles. The van der Waals surface area contributed by atoms with Gasteiger partial charge in [-0.1, -0.05) is 0 Å². The summed E-state index contributed by atoms with van der Waals surface area (Å²) in [6.07, 6.45) is 1.51. The van der Waals surface area contributed by atoms with Crippen molar-refractivity contribution in [3.05, 3.63) is 35.6 Å². The van der Waals surface area contributed by atoms with Crippen LogP contribution in [-0.4, -0.2) is 30.0 Å². The van der Waals surface area contributed by atoms with Crippen molar-refractivity contribution in [3.63, 3.8) is 0 Å². The van der Waals surface area contributed by atoms with Crippen LogP contribution in [0.2, 0.25) is 0 Å². The van der Waals surface area contributed by atoms with Crippen LogP contribution in [0.3, 0.4) is 0 Å². The maximum absolute atomic E-state index is 12.7. The Bertz CT molecular complexity index is 386. The van der Waals surface area contributed by atoms with E-state index < -0.39 is 0 Å². The van der Waals surface area contributed by atoms with Gasteiger partial charge in [-0.05, 0) is 37.1 Å². The Labute approximate surface area is 99.1 Å². The Morgan fingerprint density at radius 3 is 2.41 bits per heavy atom. The molecule has 1 aromatic rings. The van der Waals surface area contributed by atoms with Crippen molar-refractivity contribution in [3.8, 4) is 0 Å². The second kappa shape index (κ2) is 5.25. The highest BCUT2D eigenvalue weighted by Crippen LogP contribution is 2.15.